The fourth-order valence-electron chi connectivity index (χ4n) is 0. The molecule has 1 nitrogen and oxygen atoms in total. The molecule has 6 radical (unpaired) electrons. The van der Waals surface area contributed by atoms with Gasteiger partial charge in [0.15, 0.2) is 0 Å². The van der Waals surface area contributed by atoms with Crippen LogP contribution in [0.3, 0.4) is 0 Å². The maximum atomic E-state index is 0. The van der Waals surface area contributed by atoms with Crippen molar-refractivity contribution in [3.63, 3.8) is 0 Å². The molecule has 0 fully saturated rings. The smallest absolute Gasteiger partial charge is 0 e. The zero-order valence-corrected chi connectivity index (χ0v) is 9.80. The molecule has 0 aliphatic heterocycles. The SMILES string of the molecule is [Ba].[Cu].[F].[Gd].[O]. The molecule has 0 aromatic carbocycles. The molecule has 5 heavy (non-hydrogen) atoms. The van der Waals surface area contributed by atoms with Crippen LogP contribution in [0.1, 0.15) is 0 Å². The van der Waals surface area contributed by atoms with E-state index in [-0.39, 0.29) is 116 Å². The van der Waals surface area contributed by atoms with Crippen LogP contribution in [0.5, 0.6) is 0 Å². The third kappa shape index (κ3) is 18.8. The quantitative estimate of drug-likeness (QED) is 0.516. The number of rotatable bonds is 0. The van der Waals surface area contributed by atoms with Crippen LogP contribution >= 0.6 is 0 Å². The van der Waals surface area contributed by atoms with Crippen LogP contribution in [0.4, 0.5) is 4.70 Å². The Labute approximate surface area is 113 Å². The summed E-state index contributed by atoms with van der Waals surface area (Å²) in [4.78, 5) is 0. The molecule has 0 atom stereocenters. The zero-order chi connectivity index (χ0) is 0. The average Bonchev–Trinajstić information content (AvgIpc) is 0. The van der Waals surface area contributed by atoms with Gasteiger partial charge in [0.1, 0.15) is 0 Å². The Balaban J connectivity index is 0. The molecule has 0 aromatic heterocycles. The molecule has 0 aliphatic rings. The van der Waals surface area contributed by atoms with Crippen LogP contribution < -0.4 is 0 Å². The molecule has 5 heteroatoms. The van der Waals surface area contributed by atoms with Crippen molar-refractivity contribution in [3.05, 3.63) is 0 Å². The van der Waals surface area contributed by atoms with Crippen LogP contribution in [-0.4, -0.2) is 48.9 Å². The second kappa shape index (κ2) is 26.6. The molecule has 0 N–H and O–H groups in total. The van der Waals surface area contributed by atoms with E-state index in [1.54, 1.807) is 0 Å². The standard InChI is InChI=1S/Ba.Cu.F.Gd.O. The van der Waals surface area contributed by atoms with Gasteiger partial charge >= 0.3 is 0 Å². The first-order valence-electron chi connectivity index (χ1n) is 0. The minimum absolute atomic E-state index is 0. The molecule has 0 saturated heterocycles. The summed E-state index contributed by atoms with van der Waals surface area (Å²) in [7, 11) is 0. The van der Waals surface area contributed by atoms with Gasteiger partial charge in [-0.2, -0.15) is 0 Å². The summed E-state index contributed by atoms with van der Waals surface area (Å²) in [6.07, 6.45) is 0. The van der Waals surface area contributed by atoms with Gasteiger partial charge < -0.3 is 0 Å². The van der Waals surface area contributed by atoms with Crippen molar-refractivity contribution in [2.24, 2.45) is 0 Å². The Morgan fingerprint density at radius 1 is 1.00 bits per heavy atom. The maximum absolute atomic E-state index is 0. The second-order valence-electron chi connectivity index (χ2n) is 0. The van der Waals surface area contributed by atoms with E-state index in [9.17, 15) is 0 Å². The van der Waals surface area contributed by atoms with Crippen molar-refractivity contribution in [3.8, 4) is 0 Å². The van der Waals surface area contributed by atoms with Crippen LogP contribution in [0.2, 0.25) is 0 Å². The predicted octanol–water partition coefficient (Wildman–Crippen LogP) is -0.0819. The van der Waals surface area contributed by atoms with E-state index in [1.165, 1.54) is 0 Å². The number of hydrogen-bond acceptors (Lipinski definition) is 0. The fourth-order valence-corrected chi connectivity index (χ4v) is 0. The maximum Gasteiger partial charge on any atom is 0 e. The third-order valence-corrected chi connectivity index (χ3v) is 0. The monoisotopic (exact) mass is 394 g/mol. The molecule has 0 heterocycles. The van der Waals surface area contributed by atoms with E-state index < -0.39 is 0 Å². The largest absolute Gasteiger partial charge is 0 e. The zero-order valence-electron chi connectivity index (χ0n) is 2.15. The summed E-state index contributed by atoms with van der Waals surface area (Å²) in [6, 6.07) is 0. The van der Waals surface area contributed by atoms with Crippen LogP contribution in [0.25, 0.3) is 0 Å². The van der Waals surface area contributed by atoms with Gasteiger partial charge in [-0.1, -0.05) is 0 Å². The van der Waals surface area contributed by atoms with Crippen molar-refractivity contribution < 1.29 is 67.2 Å². The fraction of sp³-hybridized carbons (Fsp3) is 0. The topological polar surface area (TPSA) is 28.5 Å². The summed E-state index contributed by atoms with van der Waals surface area (Å²) >= 11 is 0. The van der Waals surface area contributed by atoms with Crippen molar-refractivity contribution >= 4 is 48.9 Å². The molecule has 0 aromatic rings. The molecule has 0 unspecified atom stereocenters. The van der Waals surface area contributed by atoms with E-state index >= 15 is 0 Å². The van der Waals surface area contributed by atoms with E-state index in [0.29, 0.717) is 0 Å². The Bertz CT molecular complexity index is 11.6. The Kier molecular flexibility index (Phi) is 216. The van der Waals surface area contributed by atoms with Crippen LogP contribution in [-0.2, 0) is 22.5 Å². The summed E-state index contributed by atoms with van der Waals surface area (Å²) in [6.45, 7) is 0. The van der Waals surface area contributed by atoms with Gasteiger partial charge in [-0.3, -0.25) is 0 Å². The van der Waals surface area contributed by atoms with Crippen LogP contribution in [0.15, 0.2) is 0 Å². The Morgan fingerprint density at radius 2 is 1.00 bits per heavy atom. The minimum atomic E-state index is 0. The Morgan fingerprint density at radius 3 is 1.00 bits per heavy atom. The average molecular weight is 393 g/mol. The van der Waals surface area contributed by atoms with E-state index in [0.717, 1.165) is 0 Å². The van der Waals surface area contributed by atoms with Crippen molar-refractivity contribution in [2.45, 2.75) is 0 Å². The van der Waals surface area contributed by atoms with Gasteiger partial charge in [-0.05, 0) is 0 Å². The van der Waals surface area contributed by atoms with Gasteiger partial charge in [0.05, 0.1) is 0 Å². The molecule has 0 saturated carbocycles. The molecular formula is BaCuFGdO. The summed E-state index contributed by atoms with van der Waals surface area (Å²) in [5, 5.41) is 0. The molecule has 34 valence electrons. The molecule has 0 aliphatic carbocycles. The summed E-state index contributed by atoms with van der Waals surface area (Å²) < 4.78 is 0. The second-order valence-corrected chi connectivity index (χ2v) is 0. The Hall–Kier alpha value is 3.31. The first-order chi connectivity index (χ1) is 0. The number of hydrogen-bond donors (Lipinski definition) is 0. The molecule has 0 rings (SSSR count). The normalized spacial score (nSPS) is 0. The minimum Gasteiger partial charge on any atom is 0 e. The van der Waals surface area contributed by atoms with Gasteiger partial charge in [0, 0.05) is 116 Å². The number of halogens is 1. The van der Waals surface area contributed by atoms with Gasteiger partial charge in [-0.25, -0.2) is 0 Å². The van der Waals surface area contributed by atoms with Gasteiger partial charge in [0.25, 0.3) is 0 Å². The third-order valence-electron chi connectivity index (χ3n) is 0. The molecule has 0 bridgehead atoms. The van der Waals surface area contributed by atoms with E-state index in [2.05, 4.69) is 0 Å². The van der Waals surface area contributed by atoms with E-state index in [1.807, 2.05) is 0 Å². The first-order valence-corrected chi connectivity index (χ1v) is 0. The first kappa shape index (κ1) is 40.6. The van der Waals surface area contributed by atoms with Crippen LogP contribution in [0, 0.1) is 39.9 Å². The van der Waals surface area contributed by atoms with Crippen molar-refractivity contribution in [2.75, 3.05) is 0 Å². The summed E-state index contributed by atoms with van der Waals surface area (Å²) in [5.74, 6) is 0. The molecular weight excluding hydrogens is 393 g/mol. The van der Waals surface area contributed by atoms with Gasteiger partial charge in [-0.15, -0.1) is 0 Å². The molecule has 0 spiro atoms. The van der Waals surface area contributed by atoms with Gasteiger partial charge in [0.2, 0.25) is 0 Å². The van der Waals surface area contributed by atoms with Crippen molar-refractivity contribution in [1.29, 1.82) is 0 Å². The van der Waals surface area contributed by atoms with E-state index in [4.69, 9.17) is 0 Å². The summed E-state index contributed by atoms with van der Waals surface area (Å²) in [5.41, 5.74) is 0. The van der Waals surface area contributed by atoms with Crippen molar-refractivity contribution in [1.82, 2.24) is 0 Å². The predicted molar refractivity (Wildman–Crippen MR) is 7.55 cm³/mol. The molecule has 0 amide bonds.